The lowest BCUT2D eigenvalue weighted by molar-refractivity contribution is -0.387. The number of methoxy groups -OCH3 is 1. The first kappa shape index (κ1) is 17.4. The number of hydrogen-bond acceptors (Lipinski definition) is 6. The summed E-state index contributed by atoms with van der Waals surface area (Å²) in [7, 11) is -3.91. The number of nitro benzene ring substituents is 1. The molecule has 1 aliphatic rings. The van der Waals surface area contributed by atoms with Gasteiger partial charge in [0, 0.05) is 15.8 Å². The van der Waals surface area contributed by atoms with Gasteiger partial charge in [0.25, 0.3) is 5.69 Å². The molecule has 124 valence electrons. The van der Waals surface area contributed by atoms with Gasteiger partial charge in [0.15, 0.2) is 4.90 Å². The molecule has 1 aromatic carbocycles. The Hall–Kier alpha value is -1.97. The molecular formula is C14H15NO6S2. The highest BCUT2D eigenvalue weighted by atomic mass is 32.3. The zero-order valence-electron chi connectivity index (χ0n) is 12.7. The van der Waals surface area contributed by atoms with Gasteiger partial charge in [-0.15, -0.1) is 0 Å². The lowest BCUT2D eigenvalue weighted by Gasteiger charge is -2.17. The van der Waals surface area contributed by atoms with Crippen molar-refractivity contribution in [3.63, 3.8) is 0 Å². The zero-order chi connectivity index (χ0) is 17.2. The topological polar surface area (TPSA) is 95.7 Å². The number of benzene rings is 1. The molecule has 0 N–H and O–H groups in total. The summed E-state index contributed by atoms with van der Waals surface area (Å²) < 4.78 is 35.3. The van der Waals surface area contributed by atoms with Gasteiger partial charge in [-0.1, -0.05) is 12.1 Å². The molecular weight excluding hydrogens is 342 g/mol. The van der Waals surface area contributed by atoms with Gasteiger partial charge in [0.2, 0.25) is 0 Å². The minimum atomic E-state index is -4.29. The van der Waals surface area contributed by atoms with Crippen molar-refractivity contribution in [2.24, 2.45) is 0 Å². The Labute approximate surface area is 136 Å². The summed E-state index contributed by atoms with van der Waals surface area (Å²) in [6.07, 6.45) is 3.34. The normalized spacial score (nSPS) is 18.2. The second-order valence-corrected chi connectivity index (χ2v) is 8.35. The van der Waals surface area contributed by atoms with Crippen molar-refractivity contribution >= 4 is 31.4 Å². The maximum absolute atomic E-state index is 12.5. The van der Waals surface area contributed by atoms with Gasteiger partial charge in [-0.25, -0.2) is 0 Å². The highest BCUT2D eigenvalue weighted by molar-refractivity contribution is 8.20. The molecule has 1 aliphatic heterocycles. The third-order valence-electron chi connectivity index (χ3n) is 3.00. The predicted octanol–water partition coefficient (Wildman–Crippen LogP) is 3.12. The monoisotopic (exact) mass is 357 g/mol. The van der Waals surface area contributed by atoms with Crippen LogP contribution in [0.25, 0.3) is 0 Å². The summed E-state index contributed by atoms with van der Waals surface area (Å²) >= 11 is 0. The number of rotatable bonds is 5. The Balaban J connectivity index is 2.47. The maximum Gasteiger partial charge on any atom is 0.314 e. The van der Waals surface area contributed by atoms with Gasteiger partial charge < -0.3 is 4.74 Å². The number of ether oxygens (including phenoxy) is 1. The fourth-order valence-corrected chi connectivity index (χ4v) is 5.44. The lowest BCUT2D eigenvalue weighted by atomic mass is 10.3. The molecule has 0 aromatic heterocycles. The second-order valence-electron chi connectivity index (χ2n) is 4.63. The number of para-hydroxylation sites is 1. The van der Waals surface area contributed by atoms with Crippen molar-refractivity contribution in [2.45, 2.75) is 18.7 Å². The van der Waals surface area contributed by atoms with Crippen molar-refractivity contribution in [3.8, 4) is 0 Å². The van der Waals surface area contributed by atoms with Crippen LogP contribution in [0.2, 0.25) is 0 Å². The van der Waals surface area contributed by atoms with E-state index in [1.165, 1.54) is 19.2 Å². The molecule has 0 amide bonds. The molecule has 0 spiro atoms. The van der Waals surface area contributed by atoms with Crippen molar-refractivity contribution in [2.75, 3.05) is 7.11 Å². The predicted molar refractivity (Wildman–Crippen MR) is 88.5 cm³/mol. The molecule has 2 rings (SSSR count). The average Bonchev–Trinajstić information content (AvgIpc) is 2.50. The molecule has 1 aromatic rings. The number of hydrogen-bond donors (Lipinski definition) is 0. The number of nitrogens with zero attached hydrogens (tertiary/aromatic N) is 1. The van der Waals surface area contributed by atoms with Crippen LogP contribution in [0.5, 0.6) is 0 Å². The van der Waals surface area contributed by atoms with Gasteiger partial charge >= 0.3 is 10.1 Å². The van der Waals surface area contributed by atoms with E-state index in [1.807, 2.05) is 0 Å². The highest BCUT2D eigenvalue weighted by Gasteiger charge is 2.28. The zero-order valence-corrected chi connectivity index (χ0v) is 14.3. The summed E-state index contributed by atoms with van der Waals surface area (Å²) in [6, 6.07) is 5.10. The van der Waals surface area contributed by atoms with Crippen molar-refractivity contribution in [1.29, 1.82) is 0 Å². The quantitative estimate of drug-likeness (QED) is 0.456. The van der Waals surface area contributed by atoms with Gasteiger partial charge in [0.1, 0.15) is 5.76 Å². The molecule has 7 nitrogen and oxygen atoms in total. The smallest absolute Gasteiger partial charge is 0.314 e. The number of nitro groups is 1. The Morgan fingerprint density at radius 2 is 1.83 bits per heavy atom. The SMILES string of the molecule is COC1=CC(C)=S(OS(=O)(=O)c2ccccc2[N+](=O)[O-])C(C)=C1. The summed E-state index contributed by atoms with van der Waals surface area (Å²) in [5, 5.41) is 11.0. The molecule has 9 heteroatoms. The summed E-state index contributed by atoms with van der Waals surface area (Å²) in [5.74, 6) is 0.593. The first-order valence-electron chi connectivity index (χ1n) is 6.46. The van der Waals surface area contributed by atoms with Crippen LogP contribution in [-0.2, 0) is 18.5 Å². The minimum Gasteiger partial charge on any atom is -0.497 e. The molecule has 0 aliphatic carbocycles. The van der Waals surface area contributed by atoms with Crippen LogP contribution in [0.3, 0.4) is 0 Å². The van der Waals surface area contributed by atoms with Gasteiger partial charge in [0.05, 0.1) is 12.0 Å². The fourth-order valence-electron chi connectivity index (χ4n) is 1.97. The molecule has 1 heterocycles. The molecule has 1 unspecified atom stereocenters. The Kier molecular flexibility index (Phi) is 5.03. The van der Waals surface area contributed by atoms with E-state index in [0.29, 0.717) is 15.5 Å². The van der Waals surface area contributed by atoms with Crippen LogP contribution >= 0.6 is 10.8 Å². The molecule has 0 radical (unpaired) electrons. The Morgan fingerprint density at radius 1 is 1.17 bits per heavy atom. The van der Waals surface area contributed by atoms with Crippen LogP contribution in [0.1, 0.15) is 13.8 Å². The van der Waals surface area contributed by atoms with Gasteiger partial charge in [-0.05, 0) is 42.8 Å². The van der Waals surface area contributed by atoms with Crippen molar-refractivity contribution in [3.05, 3.63) is 57.2 Å². The van der Waals surface area contributed by atoms with E-state index in [4.69, 9.17) is 8.37 Å². The van der Waals surface area contributed by atoms with Gasteiger partial charge in [-0.2, -0.15) is 12.0 Å². The third-order valence-corrected chi connectivity index (χ3v) is 6.55. The van der Waals surface area contributed by atoms with Crippen LogP contribution in [0.15, 0.2) is 52.0 Å². The third kappa shape index (κ3) is 3.69. The van der Waals surface area contributed by atoms with Crippen LogP contribution < -0.4 is 0 Å². The summed E-state index contributed by atoms with van der Waals surface area (Å²) in [6.45, 7) is 3.43. The van der Waals surface area contributed by atoms with Crippen LogP contribution in [0, 0.1) is 10.1 Å². The average molecular weight is 357 g/mol. The molecule has 23 heavy (non-hydrogen) atoms. The maximum atomic E-state index is 12.5. The highest BCUT2D eigenvalue weighted by Crippen LogP contribution is 2.38. The van der Waals surface area contributed by atoms with Crippen LogP contribution in [-0.4, -0.2) is 25.3 Å². The first-order valence-corrected chi connectivity index (χ1v) is 9.02. The van der Waals surface area contributed by atoms with E-state index in [0.717, 1.165) is 12.1 Å². The minimum absolute atomic E-state index is 0.459. The molecule has 0 bridgehead atoms. The summed E-state index contributed by atoms with van der Waals surface area (Å²) in [5.41, 5.74) is -0.513. The molecule has 0 saturated heterocycles. The molecule has 0 fully saturated rings. The van der Waals surface area contributed by atoms with E-state index >= 15 is 0 Å². The van der Waals surface area contributed by atoms with E-state index < -0.39 is 36.4 Å². The number of allylic oxidation sites excluding steroid dienone is 3. The Morgan fingerprint density at radius 3 is 2.39 bits per heavy atom. The van der Waals surface area contributed by atoms with Crippen molar-refractivity contribution in [1.82, 2.24) is 0 Å². The van der Waals surface area contributed by atoms with E-state index in [1.54, 1.807) is 26.0 Å². The first-order chi connectivity index (χ1) is 10.8. The second kappa shape index (κ2) is 6.65. The lowest BCUT2D eigenvalue weighted by Crippen LogP contribution is -2.09. The molecule has 0 saturated carbocycles. The van der Waals surface area contributed by atoms with Crippen LogP contribution in [0.4, 0.5) is 5.69 Å². The molecule has 1 atom stereocenters. The van der Waals surface area contributed by atoms with E-state index in [-0.39, 0.29) is 0 Å². The largest absolute Gasteiger partial charge is 0.497 e. The van der Waals surface area contributed by atoms with Crippen molar-refractivity contribution < 1.29 is 21.7 Å². The summed E-state index contributed by atoms with van der Waals surface area (Å²) in [4.78, 5) is 11.1. The standard InChI is InChI=1S/C14H15NO6S2/c1-10-8-12(20-3)9-11(2)22(10)21-23(18,19)14-7-5-4-6-13(14)15(16)17/h4-9H,1-3H3. The van der Waals surface area contributed by atoms with E-state index in [9.17, 15) is 18.5 Å². The van der Waals surface area contributed by atoms with Gasteiger partial charge in [-0.3, -0.25) is 10.1 Å². The van der Waals surface area contributed by atoms with E-state index in [2.05, 4.69) is 0 Å². The fraction of sp³-hybridized carbons (Fsp3) is 0.214. The Bertz CT molecular complexity index is 852.